The van der Waals surface area contributed by atoms with Crippen LogP contribution < -0.4 is 9.47 Å². The van der Waals surface area contributed by atoms with Gasteiger partial charge in [0, 0.05) is 17.1 Å². The van der Waals surface area contributed by atoms with Gasteiger partial charge in [-0.25, -0.2) is 0 Å². The molecule has 1 N–H and O–H groups in total. The quantitative estimate of drug-likeness (QED) is 0.355. The summed E-state index contributed by atoms with van der Waals surface area (Å²) in [6, 6.07) is 10.9. The Balaban J connectivity index is 1.81. The van der Waals surface area contributed by atoms with E-state index in [0.717, 1.165) is 17.3 Å². The molecule has 0 aromatic heterocycles. The van der Waals surface area contributed by atoms with E-state index in [0.29, 0.717) is 35.8 Å². The fourth-order valence-corrected chi connectivity index (χ4v) is 4.85. The Bertz CT molecular complexity index is 1080. The van der Waals surface area contributed by atoms with Crippen LogP contribution in [0.1, 0.15) is 17.5 Å². The van der Waals surface area contributed by atoms with Crippen molar-refractivity contribution in [1.29, 1.82) is 0 Å². The van der Waals surface area contributed by atoms with Crippen molar-refractivity contribution in [1.82, 2.24) is 4.90 Å². The van der Waals surface area contributed by atoms with Crippen molar-refractivity contribution in [3.63, 3.8) is 0 Å². The number of benzene rings is 2. The molecule has 1 aliphatic heterocycles. The Kier molecular flexibility index (Phi) is 7.99. The van der Waals surface area contributed by atoms with Gasteiger partial charge < -0.3 is 14.6 Å². The third kappa shape index (κ3) is 5.79. The van der Waals surface area contributed by atoms with Gasteiger partial charge in [0.15, 0.2) is 11.5 Å². The zero-order chi connectivity index (χ0) is 22.5. The van der Waals surface area contributed by atoms with Crippen LogP contribution >= 0.6 is 51.5 Å². The number of halogens is 2. The third-order valence-corrected chi connectivity index (χ3v) is 6.64. The van der Waals surface area contributed by atoms with Gasteiger partial charge in [-0.3, -0.25) is 14.5 Å². The van der Waals surface area contributed by atoms with E-state index in [4.69, 9.17) is 38.4 Å². The number of ether oxygens (including phenoxy) is 2. The van der Waals surface area contributed by atoms with Gasteiger partial charge in [0.1, 0.15) is 10.9 Å². The summed E-state index contributed by atoms with van der Waals surface area (Å²) in [6.07, 6.45) is 1.52. The van der Waals surface area contributed by atoms with Crippen molar-refractivity contribution in [2.24, 2.45) is 0 Å². The first-order valence-electron chi connectivity index (χ1n) is 9.01. The van der Waals surface area contributed by atoms with E-state index in [-0.39, 0.29) is 25.5 Å². The molecule has 10 heteroatoms. The Hall–Kier alpha value is -2.07. The molecular weight excluding hydrogens is 526 g/mol. The second-order valence-corrected chi connectivity index (χ2v) is 9.33. The maximum absolute atomic E-state index is 12.6. The van der Waals surface area contributed by atoms with Gasteiger partial charge in [-0.15, -0.1) is 0 Å². The molecule has 0 saturated carbocycles. The maximum Gasteiger partial charge on any atom is 0.305 e. The van der Waals surface area contributed by atoms with Crippen LogP contribution in [-0.4, -0.2) is 39.9 Å². The number of rotatable bonds is 8. The Labute approximate surface area is 202 Å². The number of hydrogen-bond donors (Lipinski definition) is 1. The van der Waals surface area contributed by atoms with E-state index in [9.17, 15) is 9.59 Å². The average molecular weight is 543 g/mol. The standard InChI is InChI=1S/C21H17BrClNO5S2/c1-28-16-9-12(10-17-20(27)24(21(30)31-17)7-6-18(25)26)8-14(22)19(16)29-11-13-4-2-3-5-15(13)23/h2-5,8-10H,6-7,11H2,1H3,(H,25,26)/b17-10+. The summed E-state index contributed by atoms with van der Waals surface area (Å²) in [7, 11) is 1.53. The maximum atomic E-state index is 12.6. The van der Waals surface area contributed by atoms with Crippen molar-refractivity contribution >= 4 is 73.8 Å². The average Bonchev–Trinajstić information content (AvgIpc) is 2.98. The van der Waals surface area contributed by atoms with E-state index in [1.54, 1.807) is 24.3 Å². The molecule has 162 valence electrons. The third-order valence-electron chi connectivity index (χ3n) is 4.30. The molecule has 1 aliphatic rings. The normalized spacial score (nSPS) is 14.9. The van der Waals surface area contributed by atoms with Crippen molar-refractivity contribution in [3.8, 4) is 11.5 Å². The summed E-state index contributed by atoms with van der Waals surface area (Å²) in [5, 5.41) is 9.46. The lowest BCUT2D eigenvalue weighted by molar-refractivity contribution is -0.137. The highest BCUT2D eigenvalue weighted by molar-refractivity contribution is 9.10. The number of carbonyl (C=O) groups is 2. The fraction of sp³-hybridized carbons (Fsp3) is 0.190. The zero-order valence-corrected chi connectivity index (χ0v) is 20.2. The summed E-state index contributed by atoms with van der Waals surface area (Å²) in [5.74, 6) is -0.313. The molecule has 31 heavy (non-hydrogen) atoms. The predicted molar refractivity (Wildman–Crippen MR) is 129 cm³/mol. The number of thiocarbonyl (C=S) groups is 1. The van der Waals surface area contributed by atoms with Gasteiger partial charge >= 0.3 is 5.97 Å². The van der Waals surface area contributed by atoms with Crippen LogP contribution in [0.4, 0.5) is 0 Å². The van der Waals surface area contributed by atoms with E-state index >= 15 is 0 Å². The van der Waals surface area contributed by atoms with Crippen LogP contribution in [0.15, 0.2) is 45.8 Å². The molecule has 2 aromatic rings. The molecule has 0 atom stereocenters. The first-order chi connectivity index (χ1) is 14.8. The minimum atomic E-state index is -0.987. The number of thioether (sulfide) groups is 1. The molecular formula is C21H17BrClNO5S2. The number of carboxylic acid groups (broad SMARTS) is 1. The van der Waals surface area contributed by atoms with Crippen LogP contribution in [-0.2, 0) is 16.2 Å². The largest absolute Gasteiger partial charge is 0.493 e. The Morgan fingerprint density at radius 1 is 1.35 bits per heavy atom. The van der Waals surface area contributed by atoms with E-state index in [2.05, 4.69) is 15.9 Å². The molecule has 3 rings (SSSR count). The van der Waals surface area contributed by atoms with Crippen LogP contribution in [0.5, 0.6) is 11.5 Å². The van der Waals surface area contributed by atoms with E-state index in [1.165, 1.54) is 12.0 Å². The smallest absolute Gasteiger partial charge is 0.305 e. The molecule has 0 spiro atoms. The minimum Gasteiger partial charge on any atom is -0.493 e. The summed E-state index contributed by atoms with van der Waals surface area (Å²) in [5.41, 5.74) is 1.54. The Morgan fingerprint density at radius 2 is 2.10 bits per heavy atom. The number of methoxy groups -OCH3 is 1. The number of nitrogens with zero attached hydrogens (tertiary/aromatic N) is 1. The van der Waals surface area contributed by atoms with Gasteiger partial charge in [-0.2, -0.15) is 0 Å². The van der Waals surface area contributed by atoms with Gasteiger partial charge in [-0.05, 0) is 45.8 Å². The SMILES string of the molecule is COc1cc(/C=C2/SC(=S)N(CCC(=O)O)C2=O)cc(Br)c1OCc1ccccc1Cl. The fourth-order valence-electron chi connectivity index (χ4n) is 2.78. The van der Waals surface area contributed by atoms with E-state index < -0.39 is 5.97 Å². The lowest BCUT2D eigenvalue weighted by atomic mass is 10.1. The summed E-state index contributed by atoms with van der Waals surface area (Å²) >= 11 is 16.0. The van der Waals surface area contributed by atoms with Crippen LogP contribution in [0, 0.1) is 0 Å². The molecule has 1 amide bonds. The molecule has 1 saturated heterocycles. The molecule has 1 heterocycles. The molecule has 1 fully saturated rings. The molecule has 0 bridgehead atoms. The van der Waals surface area contributed by atoms with E-state index in [1.807, 2.05) is 18.2 Å². The van der Waals surface area contributed by atoms with Crippen molar-refractivity contribution in [2.75, 3.05) is 13.7 Å². The van der Waals surface area contributed by atoms with Crippen molar-refractivity contribution in [3.05, 3.63) is 61.9 Å². The summed E-state index contributed by atoms with van der Waals surface area (Å²) in [4.78, 5) is 25.1. The Morgan fingerprint density at radius 3 is 2.77 bits per heavy atom. The molecule has 2 aromatic carbocycles. The number of hydrogen-bond acceptors (Lipinski definition) is 6. The van der Waals surface area contributed by atoms with Crippen LogP contribution in [0.25, 0.3) is 6.08 Å². The van der Waals surface area contributed by atoms with Crippen molar-refractivity contribution in [2.45, 2.75) is 13.0 Å². The second kappa shape index (κ2) is 10.5. The topological polar surface area (TPSA) is 76.1 Å². The number of carboxylic acids is 1. The van der Waals surface area contributed by atoms with Gasteiger partial charge in [0.05, 0.1) is 22.9 Å². The molecule has 0 aliphatic carbocycles. The number of amides is 1. The van der Waals surface area contributed by atoms with Gasteiger partial charge in [-0.1, -0.05) is 53.8 Å². The lowest BCUT2D eigenvalue weighted by Gasteiger charge is -2.14. The number of aliphatic carboxylic acids is 1. The first kappa shape index (κ1) is 23.6. The lowest BCUT2D eigenvalue weighted by Crippen LogP contribution is -2.30. The molecule has 6 nitrogen and oxygen atoms in total. The first-order valence-corrected chi connectivity index (χ1v) is 11.4. The molecule has 0 unspecified atom stereocenters. The van der Waals surface area contributed by atoms with Gasteiger partial charge in [0.2, 0.25) is 0 Å². The van der Waals surface area contributed by atoms with Gasteiger partial charge in [0.25, 0.3) is 5.91 Å². The summed E-state index contributed by atoms with van der Waals surface area (Å²) < 4.78 is 12.4. The highest BCUT2D eigenvalue weighted by Gasteiger charge is 2.32. The van der Waals surface area contributed by atoms with Crippen LogP contribution in [0.2, 0.25) is 5.02 Å². The zero-order valence-electron chi connectivity index (χ0n) is 16.3. The van der Waals surface area contributed by atoms with Crippen molar-refractivity contribution < 1.29 is 24.2 Å². The highest BCUT2D eigenvalue weighted by Crippen LogP contribution is 2.39. The number of carbonyl (C=O) groups excluding carboxylic acids is 1. The molecule has 0 radical (unpaired) electrons. The second-order valence-electron chi connectivity index (χ2n) is 6.39. The summed E-state index contributed by atoms with van der Waals surface area (Å²) in [6.45, 7) is 0.301. The van der Waals surface area contributed by atoms with Crippen LogP contribution in [0.3, 0.4) is 0 Å². The monoisotopic (exact) mass is 541 g/mol. The minimum absolute atomic E-state index is 0.0409. The highest BCUT2D eigenvalue weighted by atomic mass is 79.9. The predicted octanol–water partition coefficient (Wildman–Crippen LogP) is 5.37.